The Morgan fingerprint density at radius 1 is 1.19 bits per heavy atom. The third-order valence-corrected chi connectivity index (χ3v) is 9.00. The van der Waals surface area contributed by atoms with Crippen molar-refractivity contribution in [3.63, 3.8) is 0 Å². The van der Waals surface area contributed by atoms with Gasteiger partial charge in [-0.25, -0.2) is 4.68 Å². The van der Waals surface area contributed by atoms with Gasteiger partial charge in [0.15, 0.2) is 0 Å². The molecule has 0 saturated carbocycles. The van der Waals surface area contributed by atoms with Crippen LogP contribution in [0.1, 0.15) is 51.9 Å². The predicted octanol–water partition coefficient (Wildman–Crippen LogP) is 2.84. The van der Waals surface area contributed by atoms with Crippen LogP contribution in [0.3, 0.4) is 0 Å². The summed E-state index contributed by atoms with van der Waals surface area (Å²) in [5.74, 6) is -2.64. The van der Waals surface area contributed by atoms with Gasteiger partial charge >= 0.3 is 5.97 Å². The van der Waals surface area contributed by atoms with Gasteiger partial charge in [0, 0.05) is 19.7 Å². The summed E-state index contributed by atoms with van der Waals surface area (Å²) in [5, 5.41) is 17.9. The molecule has 5 rings (SSSR count). The van der Waals surface area contributed by atoms with E-state index in [2.05, 4.69) is 23.5 Å². The molecule has 0 aliphatic carbocycles. The van der Waals surface area contributed by atoms with E-state index in [1.54, 1.807) is 20.6 Å². The van der Waals surface area contributed by atoms with Gasteiger partial charge < -0.3 is 24.4 Å². The van der Waals surface area contributed by atoms with E-state index in [0.29, 0.717) is 37.6 Å². The standard InChI is InChI=1S/C31H41N5O6/c1-4-6-7-12-20-41-29(40)25-24-27(38)35(18-10-11-19-37)26(31(24)16-15-30(25,3)42-31)28(39)34(17-5-2)21-36-23-14-9-8-13-22(23)32-33-36/h4-5,8-9,13-14,24-26,37H,1-2,6-7,10-12,15-21H2,3H3/t24-,25-,26?,30+,31?/m0/s1. The molecule has 3 saturated heterocycles. The van der Waals surface area contributed by atoms with E-state index < -0.39 is 35.0 Å². The Kier molecular flexibility index (Phi) is 8.79. The summed E-state index contributed by atoms with van der Waals surface area (Å²) in [6, 6.07) is 6.56. The number of para-hydroxylation sites is 1. The highest BCUT2D eigenvalue weighted by Crippen LogP contribution is 2.63. The lowest BCUT2D eigenvalue weighted by Crippen LogP contribution is -2.56. The van der Waals surface area contributed by atoms with Crippen LogP contribution in [0.2, 0.25) is 0 Å². The van der Waals surface area contributed by atoms with Gasteiger partial charge in [-0.15, -0.1) is 18.3 Å². The van der Waals surface area contributed by atoms with Crippen LogP contribution >= 0.6 is 0 Å². The number of carbonyl (C=O) groups is 3. The number of rotatable bonds is 15. The van der Waals surface area contributed by atoms with Crippen LogP contribution in [0.25, 0.3) is 11.0 Å². The van der Waals surface area contributed by atoms with E-state index in [9.17, 15) is 19.5 Å². The molecule has 226 valence electrons. The molecule has 5 atom stereocenters. The van der Waals surface area contributed by atoms with Crippen molar-refractivity contribution in [2.45, 2.75) is 75.8 Å². The Morgan fingerprint density at radius 3 is 2.76 bits per heavy atom. The second-order valence-electron chi connectivity index (χ2n) is 11.7. The lowest BCUT2D eigenvalue weighted by Gasteiger charge is -2.36. The molecule has 3 aliphatic heterocycles. The number of carbonyl (C=O) groups excluding carboxylic acids is 3. The van der Waals surface area contributed by atoms with Crippen LogP contribution in [-0.2, 0) is 30.5 Å². The number of nitrogens with zero attached hydrogens (tertiary/aromatic N) is 5. The van der Waals surface area contributed by atoms with Crippen molar-refractivity contribution < 1.29 is 29.0 Å². The summed E-state index contributed by atoms with van der Waals surface area (Å²) in [5.41, 5.74) is -0.572. The zero-order chi connectivity index (χ0) is 29.9. The number of hydrogen-bond donors (Lipinski definition) is 1. The highest BCUT2D eigenvalue weighted by Gasteiger charge is 2.78. The van der Waals surface area contributed by atoms with Gasteiger partial charge in [-0.05, 0) is 64.0 Å². The Bertz CT molecular complexity index is 1340. The number of likely N-dealkylation sites (tertiary alicyclic amines) is 1. The minimum absolute atomic E-state index is 0.0213. The van der Waals surface area contributed by atoms with Crippen LogP contribution in [0.15, 0.2) is 49.6 Å². The summed E-state index contributed by atoms with van der Waals surface area (Å²) in [4.78, 5) is 45.4. The number of unbranched alkanes of at least 4 members (excludes halogenated alkanes) is 3. The lowest BCUT2D eigenvalue weighted by molar-refractivity contribution is -0.160. The van der Waals surface area contributed by atoms with Gasteiger partial charge in [0.25, 0.3) is 0 Å². The first kappa shape index (κ1) is 29.9. The molecule has 42 heavy (non-hydrogen) atoms. The van der Waals surface area contributed by atoms with Crippen molar-refractivity contribution in [1.29, 1.82) is 0 Å². The van der Waals surface area contributed by atoms with E-state index in [1.807, 2.05) is 37.3 Å². The average Bonchev–Trinajstić information content (AvgIpc) is 3.68. The van der Waals surface area contributed by atoms with E-state index in [4.69, 9.17) is 9.47 Å². The molecule has 0 radical (unpaired) electrons. The summed E-state index contributed by atoms with van der Waals surface area (Å²) < 4.78 is 14.0. The zero-order valence-electron chi connectivity index (χ0n) is 24.3. The van der Waals surface area contributed by atoms with Gasteiger partial charge in [0.2, 0.25) is 11.8 Å². The fourth-order valence-corrected chi connectivity index (χ4v) is 7.08. The van der Waals surface area contributed by atoms with Crippen molar-refractivity contribution in [2.75, 3.05) is 26.3 Å². The van der Waals surface area contributed by atoms with Crippen LogP contribution < -0.4 is 0 Å². The first-order valence-corrected chi connectivity index (χ1v) is 14.9. The smallest absolute Gasteiger partial charge is 0.312 e. The summed E-state index contributed by atoms with van der Waals surface area (Å²) in [7, 11) is 0. The lowest BCUT2D eigenvalue weighted by atomic mass is 9.66. The van der Waals surface area contributed by atoms with Crippen molar-refractivity contribution in [3.05, 3.63) is 49.6 Å². The first-order valence-electron chi connectivity index (χ1n) is 14.9. The summed E-state index contributed by atoms with van der Waals surface area (Å²) in [6.45, 7) is 10.3. The van der Waals surface area contributed by atoms with Gasteiger partial charge in [0.1, 0.15) is 29.7 Å². The van der Waals surface area contributed by atoms with Crippen molar-refractivity contribution in [1.82, 2.24) is 24.8 Å². The van der Waals surface area contributed by atoms with E-state index in [-0.39, 0.29) is 44.8 Å². The van der Waals surface area contributed by atoms with Crippen molar-refractivity contribution >= 4 is 28.8 Å². The van der Waals surface area contributed by atoms with Gasteiger partial charge in [0.05, 0.1) is 23.6 Å². The van der Waals surface area contributed by atoms with Gasteiger partial charge in [-0.2, -0.15) is 0 Å². The highest BCUT2D eigenvalue weighted by molar-refractivity contribution is 5.98. The molecule has 2 amide bonds. The number of esters is 1. The number of allylic oxidation sites excluding steroid dienone is 1. The third kappa shape index (κ3) is 5.13. The minimum Gasteiger partial charge on any atom is -0.465 e. The number of aromatic nitrogens is 3. The Morgan fingerprint density at radius 2 is 2.00 bits per heavy atom. The zero-order valence-corrected chi connectivity index (χ0v) is 24.3. The SMILES string of the molecule is C=CCCCCOC(=O)[C@@H]1[C@H]2C(=O)N(CCCCO)C(C(=O)N(CC=C)Cn3nnc4ccccc43)C23CC[C@@]1(C)O3. The maximum atomic E-state index is 14.5. The third-order valence-electron chi connectivity index (χ3n) is 9.00. The fourth-order valence-electron chi connectivity index (χ4n) is 7.08. The van der Waals surface area contributed by atoms with E-state index >= 15 is 0 Å². The number of aliphatic hydroxyl groups excluding tert-OH is 1. The monoisotopic (exact) mass is 579 g/mol. The molecule has 2 bridgehead atoms. The molecule has 11 heteroatoms. The summed E-state index contributed by atoms with van der Waals surface area (Å²) in [6.07, 6.45) is 7.88. The molecule has 1 aromatic carbocycles. The van der Waals surface area contributed by atoms with Gasteiger partial charge in [-0.1, -0.05) is 29.5 Å². The normalized spacial score (nSPS) is 27.8. The van der Waals surface area contributed by atoms with Crippen LogP contribution in [0.5, 0.6) is 0 Å². The molecule has 2 unspecified atom stereocenters. The quantitative estimate of drug-likeness (QED) is 0.194. The molecule has 3 fully saturated rings. The van der Waals surface area contributed by atoms with Crippen LogP contribution in [0, 0.1) is 11.8 Å². The largest absolute Gasteiger partial charge is 0.465 e. The second kappa shape index (κ2) is 12.3. The fraction of sp³-hybridized carbons (Fsp3) is 0.581. The number of aliphatic hydroxyl groups is 1. The highest BCUT2D eigenvalue weighted by atomic mass is 16.6. The van der Waals surface area contributed by atoms with E-state index in [1.165, 1.54) is 0 Å². The molecule has 2 aromatic rings. The maximum absolute atomic E-state index is 14.5. The number of ether oxygens (including phenoxy) is 2. The maximum Gasteiger partial charge on any atom is 0.312 e. The number of fused-ring (bicyclic) bond motifs is 2. The van der Waals surface area contributed by atoms with Crippen molar-refractivity contribution in [2.24, 2.45) is 11.8 Å². The molecule has 4 heterocycles. The topological polar surface area (TPSA) is 127 Å². The van der Waals surface area contributed by atoms with Crippen LogP contribution in [-0.4, -0.2) is 91.2 Å². The molecule has 1 spiro atoms. The Balaban J connectivity index is 1.45. The van der Waals surface area contributed by atoms with Crippen molar-refractivity contribution in [3.8, 4) is 0 Å². The number of benzene rings is 1. The molecule has 11 nitrogen and oxygen atoms in total. The average molecular weight is 580 g/mol. The molecule has 1 aromatic heterocycles. The second-order valence-corrected chi connectivity index (χ2v) is 11.7. The summed E-state index contributed by atoms with van der Waals surface area (Å²) >= 11 is 0. The number of amides is 2. The molecule has 1 N–H and O–H groups in total. The predicted molar refractivity (Wildman–Crippen MR) is 155 cm³/mol. The Labute approximate surface area is 246 Å². The molecular formula is C31H41N5O6. The minimum atomic E-state index is -1.15. The Hall–Kier alpha value is -3.57. The molecule has 3 aliphatic rings. The van der Waals surface area contributed by atoms with Gasteiger partial charge in [-0.3, -0.25) is 14.4 Å². The van der Waals surface area contributed by atoms with Crippen LogP contribution in [0.4, 0.5) is 0 Å². The van der Waals surface area contributed by atoms with E-state index in [0.717, 1.165) is 18.4 Å². The molecular weight excluding hydrogens is 538 g/mol. The first-order chi connectivity index (χ1) is 20.3. The number of hydrogen-bond acceptors (Lipinski definition) is 8.